The molecule has 0 N–H and O–H groups in total. The van der Waals surface area contributed by atoms with Gasteiger partial charge in [-0.05, 0) is 25.2 Å². The largest absolute Gasteiger partial charge is 0.348 e. The summed E-state index contributed by atoms with van der Waals surface area (Å²) in [7, 11) is 0. The third-order valence-electron chi connectivity index (χ3n) is 3.73. The Kier molecular flexibility index (Phi) is 4.75. The predicted octanol–water partition coefficient (Wildman–Crippen LogP) is 3.85. The number of aromatic nitrogens is 1. The highest BCUT2D eigenvalue weighted by Gasteiger charge is 2.19. The molecule has 100 valence electrons. The predicted molar refractivity (Wildman–Crippen MR) is 76.9 cm³/mol. The van der Waals surface area contributed by atoms with E-state index in [1.54, 1.807) is 11.3 Å². The van der Waals surface area contributed by atoms with Crippen LogP contribution in [-0.4, -0.2) is 24.4 Å². The molecule has 0 bridgehead atoms. The lowest BCUT2D eigenvalue weighted by atomic mass is 10.0. The second kappa shape index (κ2) is 6.32. The van der Waals surface area contributed by atoms with E-state index in [0.29, 0.717) is 5.92 Å². The molecule has 1 aliphatic rings. The van der Waals surface area contributed by atoms with Crippen molar-refractivity contribution in [1.29, 1.82) is 0 Å². The molecule has 4 heteroatoms. The van der Waals surface area contributed by atoms with Gasteiger partial charge in [0.1, 0.15) is 0 Å². The number of carbonyl (C=O) groups excluding carboxylic acids is 1. The third-order valence-corrected chi connectivity index (χ3v) is 4.79. The molecule has 1 aliphatic heterocycles. The van der Waals surface area contributed by atoms with E-state index < -0.39 is 0 Å². The van der Waals surface area contributed by atoms with Crippen molar-refractivity contribution < 1.29 is 4.79 Å². The van der Waals surface area contributed by atoms with Crippen LogP contribution in [-0.2, 0) is 0 Å². The van der Waals surface area contributed by atoms with Crippen molar-refractivity contribution in [2.24, 2.45) is 0 Å². The summed E-state index contributed by atoms with van der Waals surface area (Å²) in [6, 6.07) is 0. The minimum Gasteiger partial charge on any atom is -0.348 e. The number of nitrogens with zero attached hydrogens (tertiary/aromatic N) is 2. The molecule has 2 heterocycles. The fraction of sp³-hybridized carbons (Fsp3) is 0.714. The third kappa shape index (κ3) is 2.91. The summed E-state index contributed by atoms with van der Waals surface area (Å²) in [5.74, 6) is 0.377. The Morgan fingerprint density at radius 3 is 2.56 bits per heavy atom. The molecule has 2 rings (SSSR count). The van der Waals surface area contributed by atoms with Crippen LogP contribution in [0.3, 0.4) is 0 Å². The van der Waals surface area contributed by atoms with Crippen molar-refractivity contribution in [3.63, 3.8) is 0 Å². The van der Waals surface area contributed by atoms with E-state index in [1.165, 1.54) is 25.7 Å². The Hall–Kier alpha value is -0.900. The second-order valence-corrected chi connectivity index (χ2v) is 6.08. The zero-order chi connectivity index (χ0) is 13.0. The highest BCUT2D eigenvalue weighted by Crippen LogP contribution is 2.32. The molecule has 0 radical (unpaired) electrons. The normalized spacial score (nSPS) is 18.4. The first-order valence-corrected chi connectivity index (χ1v) is 7.78. The fourth-order valence-corrected chi connectivity index (χ4v) is 3.41. The Morgan fingerprint density at radius 2 is 2.00 bits per heavy atom. The van der Waals surface area contributed by atoms with Crippen LogP contribution in [0.5, 0.6) is 0 Å². The van der Waals surface area contributed by atoms with Crippen LogP contribution < -0.4 is 4.90 Å². The molecule has 18 heavy (non-hydrogen) atoms. The lowest BCUT2D eigenvalue weighted by molar-refractivity contribution is 0.112. The van der Waals surface area contributed by atoms with Gasteiger partial charge in [-0.2, -0.15) is 0 Å². The van der Waals surface area contributed by atoms with Crippen molar-refractivity contribution in [3.8, 4) is 0 Å². The number of aldehydes is 1. The van der Waals surface area contributed by atoms with Crippen molar-refractivity contribution in [3.05, 3.63) is 10.6 Å². The maximum absolute atomic E-state index is 11.2. The lowest BCUT2D eigenvalue weighted by Crippen LogP contribution is -2.23. The monoisotopic (exact) mass is 266 g/mol. The molecule has 0 aromatic carbocycles. The summed E-state index contributed by atoms with van der Waals surface area (Å²) in [6.45, 7) is 6.47. The molecule has 1 unspecified atom stereocenters. The van der Waals surface area contributed by atoms with Crippen molar-refractivity contribution in [2.45, 2.75) is 51.9 Å². The van der Waals surface area contributed by atoms with E-state index in [9.17, 15) is 4.79 Å². The van der Waals surface area contributed by atoms with Gasteiger partial charge in [0.15, 0.2) is 11.4 Å². The zero-order valence-electron chi connectivity index (χ0n) is 11.3. The zero-order valence-corrected chi connectivity index (χ0v) is 12.1. The van der Waals surface area contributed by atoms with Gasteiger partial charge in [-0.3, -0.25) is 4.79 Å². The first-order chi connectivity index (χ1) is 8.76. The minimum atomic E-state index is 0.377. The first-order valence-electron chi connectivity index (χ1n) is 6.97. The summed E-state index contributed by atoms with van der Waals surface area (Å²) in [4.78, 5) is 19.1. The summed E-state index contributed by atoms with van der Waals surface area (Å²) >= 11 is 1.57. The van der Waals surface area contributed by atoms with Crippen LogP contribution in [0.15, 0.2) is 0 Å². The molecular weight excluding hydrogens is 244 g/mol. The Labute approximate surface area is 113 Å². The molecule has 0 amide bonds. The topological polar surface area (TPSA) is 33.2 Å². The van der Waals surface area contributed by atoms with E-state index in [4.69, 9.17) is 4.98 Å². The van der Waals surface area contributed by atoms with Gasteiger partial charge in [-0.15, -0.1) is 0 Å². The maximum Gasteiger partial charge on any atom is 0.186 e. The van der Waals surface area contributed by atoms with Crippen molar-refractivity contribution in [1.82, 2.24) is 4.98 Å². The molecule has 1 aromatic rings. The SMILES string of the molecule is CCC(C)c1nc(N2CCCCCC2)sc1C=O. The molecule has 3 nitrogen and oxygen atoms in total. The number of carbonyl (C=O) groups is 1. The molecular formula is C14H22N2OS. The van der Waals surface area contributed by atoms with Gasteiger partial charge in [0.25, 0.3) is 0 Å². The van der Waals surface area contributed by atoms with E-state index in [-0.39, 0.29) is 0 Å². The average molecular weight is 266 g/mol. The second-order valence-electron chi connectivity index (χ2n) is 5.07. The van der Waals surface area contributed by atoms with Crippen LogP contribution in [0, 0.1) is 0 Å². The highest BCUT2D eigenvalue weighted by atomic mass is 32.1. The fourth-order valence-electron chi connectivity index (χ4n) is 2.36. The quantitative estimate of drug-likeness (QED) is 0.776. The Bertz CT molecular complexity index is 394. The van der Waals surface area contributed by atoms with Gasteiger partial charge in [0.05, 0.1) is 10.6 Å². The average Bonchev–Trinajstić information content (AvgIpc) is 2.64. The molecule has 0 spiro atoms. The molecule has 0 aliphatic carbocycles. The van der Waals surface area contributed by atoms with E-state index >= 15 is 0 Å². The molecule has 1 fully saturated rings. The molecule has 0 saturated carbocycles. The van der Waals surface area contributed by atoms with Gasteiger partial charge in [0, 0.05) is 13.1 Å². The summed E-state index contributed by atoms with van der Waals surface area (Å²) in [5, 5.41) is 1.05. The molecule has 1 atom stereocenters. The standard InChI is InChI=1S/C14H22N2OS/c1-3-11(2)13-12(10-17)18-14(15-13)16-8-6-4-5-7-9-16/h10-11H,3-9H2,1-2H3. The highest BCUT2D eigenvalue weighted by molar-refractivity contribution is 7.17. The Balaban J connectivity index is 2.22. The van der Waals surface area contributed by atoms with Crippen LogP contribution >= 0.6 is 11.3 Å². The van der Waals surface area contributed by atoms with Gasteiger partial charge in [-0.25, -0.2) is 4.98 Å². The van der Waals surface area contributed by atoms with Crippen LogP contribution in [0.2, 0.25) is 0 Å². The van der Waals surface area contributed by atoms with Gasteiger partial charge in [-0.1, -0.05) is 38.0 Å². The van der Waals surface area contributed by atoms with E-state index in [2.05, 4.69) is 18.7 Å². The van der Waals surface area contributed by atoms with Crippen LogP contribution in [0.4, 0.5) is 5.13 Å². The van der Waals surface area contributed by atoms with E-state index in [0.717, 1.165) is 41.5 Å². The Morgan fingerprint density at radius 1 is 1.33 bits per heavy atom. The molecule has 1 saturated heterocycles. The number of thiazole rings is 1. The summed E-state index contributed by atoms with van der Waals surface area (Å²) < 4.78 is 0. The summed E-state index contributed by atoms with van der Waals surface area (Å²) in [5.41, 5.74) is 0.997. The first kappa shape index (κ1) is 13.5. The number of anilines is 1. The number of hydrogen-bond acceptors (Lipinski definition) is 4. The van der Waals surface area contributed by atoms with E-state index in [1.807, 2.05) is 0 Å². The summed E-state index contributed by atoms with van der Waals surface area (Å²) in [6.07, 6.45) is 7.13. The minimum absolute atomic E-state index is 0.377. The van der Waals surface area contributed by atoms with Crippen molar-refractivity contribution >= 4 is 22.8 Å². The van der Waals surface area contributed by atoms with Crippen molar-refractivity contribution in [2.75, 3.05) is 18.0 Å². The lowest BCUT2D eigenvalue weighted by Gasteiger charge is -2.18. The van der Waals surface area contributed by atoms with Gasteiger partial charge in [0.2, 0.25) is 0 Å². The number of hydrogen-bond donors (Lipinski definition) is 0. The molecule has 1 aromatic heterocycles. The maximum atomic E-state index is 11.2. The van der Waals surface area contributed by atoms with Gasteiger partial charge >= 0.3 is 0 Å². The van der Waals surface area contributed by atoms with Gasteiger partial charge < -0.3 is 4.90 Å². The number of rotatable bonds is 4. The van der Waals surface area contributed by atoms with Crippen LogP contribution in [0.1, 0.15) is 67.2 Å². The smallest absolute Gasteiger partial charge is 0.186 e. The van der Waals surface area contributed by atoms with Crippen LogP contribution in [0.25, 0.3) is 0 Å².